The van der Waals surface area contributed by atoms with Gasteiger partial charge in [-0.05, 0) is 24.6 Å². The molecule has 0 spiro atoms. The minimum Gasteiger partial charge on any atom is -0.506 e. The molecule has 0 atom stereocenters. The van der Waals surface area contributed by atoms with Gasteiger partial charge in [0.1, 0.15) is 11.3 Å². The van der Waals surface area contributed by atoms with Gasteiger partial charge in [-0.15, -0.1) is 0 Å². The monoisotopic (exact) mass is 160 g/mol. The molecular formula is C10H9NO. The van der Waals surface area contributed by atoms with E-state index in [-0.39, 0.29) is 5.75 Å². The fraction of sp³-hybridized carbons (Fsp3) is 0.100. The van der Waals surface area contributed by atoms with Crippen LogP contribution in [0, 0.1) is 6.92 Å². The fourth-order valence-electron chi connectivity index (χ4n) is 1.22. The summed E-state index contributed by atoms with van der Waals surface area (Å²) >= 11 is 0. The third kappa shape index (κ3) is 0.925. The molecule has 0 saturated carbocycles. The van der Waals surface area contributed by atoms with Crippen molar-refractivity contribution in [3.05, 3.63) is 36.0 Å². The van der Waals surface area contributed by atoms with Crippen LogP contribution < -0.4 is 0 Å². The number of phenols is 1. The van der Waals surface area contributed by atoms with Gasteiger partial charge in [-0.3, -0.25) is 4.98 Å². The maximum atomic E-state index is 9.47. The molecule has 60 valence electrons. The normalized spacial score (nSPS) is 11.6. The van der Waals surface area contributed by atoms with Crippen molar-refractivity contribution in [3.8, 4) is 5.75 Å². The van der Waals surface area contributed by atoms with Gasteiger partial charge in [0, 0.05) is 11.6 Å². The van der Waals surface area contributed by atoms with E-state index in [1.54, 1.807) is 12.3 Å². The van der Waals surface area contributed by atoms with Crippen molar-refractivity contribution in [2.75, 3.05) is 0 Å². The van der Waals surface area contributed by atoms with Crippen LogP contribution in [-0.4, -0.2) is 10.1 Å². The highest BCUT2D eigenvalue weighted by Crippen LogP contribution is 2.23. The van der Waals surface area contributed by atoms with Crippen molar-refractivity contribution in [2.45, 2.75) is 6.92 Å². The Bertz CT molecular complexity index is 459. The van der Waals surface area contributed by atoms with Crippen molar-refractivity contribution < 1.29 is 6.48 Å². The minimum absolute atomic E-state index is 0.134. The topological polar surface area (TPSA) is 33.1 Å². The highest BCUT2D eigenvalue weighted by Gasteiger charge is 2.00. The highest BCUT2D eigenvalue weighted by molar-refractivity contribution is 5.86. The van der Waals surface area contributed by atoms with Crippen LogP contribution in [0.4, 0.5) is 0 Å². The highest BCUT2D eigenvalue weighted by atomic mass is 16.3. The molecule has 1 aromatic carbocycles. The average Bonchev–Trinajstić information content (AvgIpc) is 2.12. The minimum atomic E-state index is 0.134. The second-order valence-electron chi connectivity index (χ2n) is 2.71. The number of aryl methyl sites for hydroxylation is 1. The number of hydrogen-bond acceptors (Lipinski definition) is 2. The molecule has 0 radical (unpaired) electrons. The van der Waals surface area contributed by atoms with Crippen LogP contribution in [0.2, 0.25) is 0 Å². The van der Waals surface area contributed by atoms with Crippen molar-refractivity contribution in [2.24, 2.45) is 0 Å². The first-order valence-corrected chi connectivity index (χ1v) is 3.74. The molecule has 12 heavy (non-hydrogen) atoms. The molecule has 0 bridgehead atoms. The Morgan fingerprint density at radius 2 is 2.33 bits per heavy atom. The first-order chi connectivity index (χ1) is 6.20. The molecule has 0 fully saturated rings. The summed E-state index contributed by atoms with van der Waals surface area (Å²) < 4.78 is 7.65. The van der Waals surface area contributed by atoms with E-state index < -0.39 is 0 Å². The van der Waals surface area contributed by atoms with Crippen molar-refractivity contribution in [3.63, 3.8) is 0 Å². The van der Waals surface area contributed by atoms with Crippen LogP contribution in [0.3, 0.4) is 0 Å². The number of pyridine rings is 1. The third-order valence-electron chi connectivity index (χ3n) is 1.87. The SMILES string of the molecule is [2H]c1ccc(O)c2nccc(C)c12. The smallest absolute Gasteiger partial charge is 0.141 e. The zero-order chi connectivity index (χ0) is 9.42. The van der Waals surface area contributed by atoms with Gasteiger partial charge >= 0.3 is 0 Å². The summed E-state index contributed by atoms with van der Waals surface area (Å²) in [7, 11) is 0. The van der Waals surface area contributed by atoms with E-state index in [4.69, 9.17) is 1.37 Å². The maximum Gasteiger partial charge on any atom is 0.141 e. The molecule has 1 heterocycles. The van der Waals surface area contributed by atoms with Crippen LogP contribution in [0.25, 0.3) is 10.9 Å². The first kappa shape index (κ1) is 6.00. The number of nitrogens with zero attached hydrogens (tertiary/aromatic N) is 1. The molecular weight excluding hydrogens is 150 g/mol. The van der Waals surface area contributed by atoms with Crippen LogP contribution in [-0.2, 0) is 0 Å². The van der Waals surface area contributed by atoms with Crippen molar-refractivity contribution in [1.29, 1.82) is 0 Å². The Labute approximate surface area is 71.9 Å². The Morgan fingerprint density at radius 3 is 3.08 bits per heavy atom. The van der Waals surface area contributed by atoms with Gasteiger partial charge in [-0.25, -0.2) is 0 Å². The Kier molecular flexibility index (Phi) is 1.24. The van der Waals surface area contributed by atoms with Gasteiger partial charge in [0.05, 0.1) is 1.37 Å². The summed E-state index contributed by atoms with van der Waals surface area (Å²) in [5.74, 6) is 0.134. The molecule has 0 aliphatic rings. The van der Waals surface area contributed by atoms with E-state index in [1.165, 1.54) is 6.07 Å². The zero-order valence-electron chi connectivity index (χ0n) is 7.70. The van der Waals surface area contributed by atoms with E-state index in [2.05, 4.69) is 4.98 Å². The number of para-hydroxylation sites is 1. The van der Waals surface area contributed by atoms with Gasteiger partial charge in [0.25, 0.3) is 0 Å². The number of phenolic OH excluding ortho intramolecular Hbond substituents is 1. The van der Waals surface area contributed by atoms with Crippen molar-refractivity contribution >= 4 is 10.9 Å². The molecule has 0 aliphatic heterocycles. The summed E-state index contributed by atoms with van der Waals surface area (Å²) in [6, 6.07) is 5.31. The Balaban J connectivity index is 3.00. The lowest BCUT2D eigenvalue weighted by Gasteiger charge is -2.01. The number of aromatic nitrogens is 1. The number of aromatic hydroxyl groups is 1. The van der Waals surface area contributed by atoms with Gasteiger partial charge < -0.3 is 5.11 Å². The second kappa shape index (κ2) is 2.48. The standard InChI is InChI=1S/C10H9NO/c1-7-5-6-11-10-8(7)3-2-4-9(10)12/h2-6,12H,1H3/i3D. The number of hydrogen-bond donors (Lipinski definition) is 1. The van der Waals surface area contributed by atoms with E-state index in [9.17, 15) is 5.11 Å². The van der Waals surface area contributed by atoms with E-state index in [0.717, 1.165) is 10.9 Å². The molecule has 1 N–H and O–H groups in total. The molecule has 0 amide bonds. The average molecular weight is 160 g/mol. The lowest BCUT2D eigenvalue weighted by atomic mass is 10.1. The number of fused-ring (bicyclic) bond motifs is 1. The van der Waals surface area contributed by atoms with E-state index in [0.29, 0.717) is 11.6 Å². The zero-order valence-corrected chi connectivity index (χ0v) is 6.70. The Hall–Kier alpha value is -1.57. The van der Waals surface area contributed by atoms with Crippen molar-refractivity contribution in [1.82, 2.24) is 4.98 Å². The lowest BCUT2D eigenvalue weighted by Crippen LogP contribution is -1.81. The summed E-state index contributed by atoms with van der Waals surface area (Å²) in [4.78, 5) is 4.03. The molecule has 1 aromatic heterocycles. The maximum absolute atomic E-state index is 9.47. The lowest BCUT2D eigenvalue weighted by molar-refractivity contribution is 0.480. The summed E-state index contributed by atoms with van der Waals surface area (Å²) in [6.07, 6.45) is 1.64. The molecule has 2 aromatic rings. The largest absolute Gasteiger partial charge is 0.506 e. The second-order valence-corrected chi connectivity index (χ2v) is 2.71. The summed E-state index contributed by atoms with van der Waals surface area (Å²) in [5, 5.41) is 10.2. The molecule has 2 rings (SSSR count). The van der Waals surface area contributed by atoms with Crippen LogP contribution in [0.15, 0.2) is 30.4 Å². The first-order valence-electron chi connectivity index (χ1n) is 4.24. The van der Waals surface area contributed by atoms with Gasteiger partial charge in [-0.1, -0.05) is 12.1 Å². The quantitative estimate of drug-likeness (QED) is 0.641. The molecule has 0 saturated heterocycles. The van der Waals surface area contributed by atoms with Crippen LogP contribution in [0.1, 0.15) is 6.93 Å². The third-order valence-corrected chi connectivity index (χ3v) is 1.87. The molecule has 0 unspecified atom stereocenters. The number of rotatable bonds is 0. The van der Waals surface area contributed by atoms with E-state index in [1.807, 2.05) is 13.0 Å². The van der Waals surface area contributed by atoms with Gasteiger partial charge in [0.15, 0.2) is 0 Å². The van der Waals surface area contributed by atoms with Crippen LogP contribution in [0.5, 0.6) is 5.75 Å². The van der Waals surface area contributed by atoms with Gasteiger partial charge in [0.2, 0.25) is 0 Å². The number of benzene rings is 1. The summed E-state index contributed by atoms with van der Waals surface area (Å²) in [5.41, 5.74) is 1.47. The fourth-order valence-corrected chi connectivity index (χ4v) is 1.22. The predicted octanol–water partition coefficient (Wildman–Crippen LogP) is 2.25. The summed E-state index contributed by atoms with van der Waals surface area (Å²) in [6.45, 7) is 1.90. The molecule has 2 heteroatoms. The predicted molar refractivity (Wildman–Crippen MR) is 48.1 cm³/mol. The van der Waals surface area contributed by atoms with Gasteiger partial charge in [-0.2, -0.15) is 0 Å². The van der Waals surface area contributed by atoms with E-state index >= 15 is 0 Å². The Morgan fingerprint density at radius 1 is 1.50 bits per heavy atom. The van der Waals surface area contributed by atoms with Crippen LogP contribution >= 0.6 is 0 Å². The molecule has 2 nitrogen and oxygen atoms in total. The molecule has 0 aliphatic carbocycles.